The lowest BCUT2D eigenvalue weighted by atomic mass is 10.1. The molecule has 0 fully saturated rings. The van der Waals surface area contributed by atoms with Crippen molar-refractivity contribution in [1.29, 1.82) is 0 Å². The first-order chi connectivity index (χ1) is 14.7. The molecule has 30 heavy (non-hydrogen) atoms. The molecule has 0 amide bonds. The Bertz CT molecular complexity index is 1090. The molecule has 0 atom stereocenters. The number of methoxy groups -OCH3 is 2. The van der Waals surface area contributed by atoms with E-state index in [9.17, 15) is 5.11 Å². The predicted octanol–water partition coefficient (Wildman–Crippen LogP) is 3.64. The van der Waals surface area contributed by atoms with E-state index in [1.54, 1.807) is 20.4 Å². The summed E-state index contributed by atoms with van der Waals surface area (Å²) in [5.41, 5.74) is 5.29. The number of aliphatic hydroxyl groups excluding tert-OH is 1. The third-order valence-electron chi connectivity index (χ3n) is 4.97. The van der Waals surface area contributed by atoms with Crippen LogP contribution in [-0.2, 0) is 0 Å². The summed E-state index contributed by atoms with van der Waals surface area (Å²) in [4.78, 5) is 15.7. The molecular formula is C23H24N4O3. The van der Waals surface area contributed by atoms with Crippen molar-refractivity contribution in [2.75, 3.05) is 38.8 Å². The maximum absolute atomic E-state index is 9.42. The molecular weight excluding hydrogens is 380 g/mol. The average molecular weight is 404 g/mol. The van der Waals surface area contributed by atoms with Crippen LogP contribution in [0.4, 0.5) is 11.4 Å². The highest BCUT2D eigenvalue weighted by Crippen LogP contribution is 2.34. The van der Waals surface area contributed by atoms with Gasteiger partial charge in [0.15, 0.2) is 0 Å². The number of ether oxygens (including phenoxy) is 2. The summed E-state index contributed by atoms with van der Waals surface area (Å²) >= 11 is 0. The number of rotatable bonds is 8. The van der Waals surface area contributed by atoms with Crippen LogP contribution >= 0.6 is 0 Å². The molecule has 0 radical (unpaired) electrons. The first kappa shape index (κ1) is 19.8. The number of benzene rings is 2. The van der Waals surface area contributed by atoms with Crippen LogP contribution in [0, 0.1) is 0 Å². The lowest BCUT2D eigenvalue weighted by Crippen LogP contribution is -2.19. The van der Waals surface area contributed by atoms with Crippen molar-refractivity contribution in [3.05, 3.63) is 54.4 Å². The van der Waals surface area contributed by atoms with Gasteiger partial charge in [0.25, 0.3) is 0 Å². The van der Waals surface area contributed by atoms with Gasteiger partial charge >= 0.3 is 0 Å². The van der Waals surface area contributed by atoms with Crippen molar-refractivity contribution in [3.8, 4) is 11.5 Å². The van der Waals surface area contributed by atoms with Gasteiger partial charge in [-0.05, 0) is 24.6 Å². The molecule has 2 aromatic carbocycles. The number of fused-ring (bicyclic) bond motifs is 1. The second-order valence-electron chi connectivity index (χ2n) is 6.88. The van der Waals surface area contributed by atoms with Gasteiger partial charge in [0, 0.05) is 54.5 Å². The van der Waals surface area contributed by atoms with Crippen LogP contribution in [0.2, 0.25) is 0 Å². The number of allylic oxidation sites excluding steroid dienone is 1. The van der Waals surface area contributed by atoms with E-state index in [4.69, 9.17) is 14.5 Å². The zero-order valence-corrected chi connectivity index (χ0v) is 17.1. The highest BCUT2D eigenvalue weighted by Gasteiger charge is 2.14. The minimum absolute atomic E-state index is 0.0998. The number of aliphatic hydroxyl groups is 1. The van der Waals surface area contributed by atoms with E-state index in [0.29, 0.717) is 31.0 Å². The smallest absolute Gasteiger partial charge is 0.124 e. The van der Waals surface area contributed by atoms with E-state index in [1.165, 1.54) is 0 Å². The van der Waals surface area contributed by atoms with Crippen LogP contribution in [0.1, 0.15) is 12.1 Å². The SMILES string of the molecule is COc1cc(OC)cc(N(CCCO)c2ccc3ncc(C4=CCN=C4)nc3c2)c1. The normalized spacial score (nSPS) is 12.8. The van der Waals surface area contributed by atoms with E-state index in [-0.39, 0.29) is 6.61 Å². The molecule has 7 nitrogen and oxygen atoms in total. The summed E-state index contributed by atoms with van der Waals surface area (Å²) in [5, 5.41) is 9.42. The summed E-state index contributed by atoms with van der Waals surface area (Å²) in [7, 11) is 3.26. The van der Waals surface area contributed by atoms with Crippen LogP contribution in [-0.4, -0.2) is 55.2 Å². The Morgan fingerprint density at radius 1 is 1.00 bits per heavy atom. The van der Waals surface area contributed by atoms with Crippen LogP contribution in [0.15, 0.2) is 53.7 Å². The standard InChI is InChI=1S/C23H24N4O3/c1-29-19-10-18(11-20(13-19)30-2)27(8-3-9-28)17-4-5-21-22(12-17)26-23(15-25-21)16-6-7-24-14-16/h4-6,10-15,28H,3,7-9H2,1-2H3. The van der Waals surface area contributed by atoms with Crippen molar-refractivity contribution in [2.24, 2.45) is 4.99 Å². The van der Waals surface area contributed by atoms with Crippen LogP contribution in [0.25, 0.3) is 16.6 Å². The molecule has 7 heteroatoms. The number of anilines is 2. The van der Waals surface area contributed by atoms with Gasteiger partial charge in [-0.1, -0.05) is 6.08 Å². The Kier molecular flexibility index (Phi) is 5.90. The molecule has 154 valence electrons. The molecule has 0 bridgehead atoms. The van der Waals surface area contributed by atoms with Crippen molar-refractivity contribution in [2.45, 2.75) is 6.42 Å². The number of aromatic nitrogens is 2. The van der Waals surface area contributed by atoms with E-state index >= 15 is 0 Å². The number of nitrogens with zero attached hydrogens (tertiary/aromatic N) is 4. The van der Waals surface area contributed by atoms with Crippen molar-refractivity contribution >= 4 is 34.2 Å². The molecule has 0 saturated carbocycles. The van der Waals surface area contributed by atoms with E-state index < -0.39 is 0 Å². The minimum Gasteiger partial charge on any atom is -0.497 e. The van der Waals surface area contributed by atoms with Gasteiger partial charge in [-0.15, -0.1) is 0 Å². The highest BCUT2D eigenvalue weighted by atomic mass is 16.5. The summed E-state index contributed by atoms with van der Waals surface area (Å²) in [6.07, 6.45) is 6.26. The first-order valence-electron chi connectivity index (χ1n) is 9.80. The fourth-order valence-corrected chi connectivity index (χ4v) is 3.42. The van der Waals surface area contributed by atoms with Crippen molar-refractivity contribution in [3.63, 3.8) is 0 Å². The number of hydrogen-bond donors (Lipinski definition) is 1. The summed E-state index contributed by atoms with van der Waals surface area (Å²) in [6, 6.07) is 11.7. The van der Waals surface area contributed by atoms with Crippen LogP contribution in [0.5, 0.6) is 11.5 Å². The largest absolute Gasteiger partial charge is 0.497 e. The molecule has 0 aliphatic carbocycles. The maximum Gasteiger partial charge on any atom is 0.124 e. The third kappa shape index (κ3) is 4.11. The van der Waals surface area contributed by atoms with Crippen molar-refractivity contribution < 1.29 is 14.6 Å². The Labute approximate surface area is 175 Å². The van der Waals surface area contributed by atoms with E-state index in [2.05, 4.69) is 14.9 Å². The Balaban J connectivity index is 1.77. The molecule has 4 rings (SSSR count). The fraction of sp³-hybridized carbons (Fsp3) is 0.261. The monoisotopic (exact) mass is 404 g/mol. The van der Waals surface area contributed by atoms with Crippen LogP contribution in [0.3, 0.4) is 0 Å². The molecule has 0 unspecified atom stereocenters. The Morgan fingerprint density at radius 3 is 2.47 bits per heavy atom. The first-order valence-corrected chi connectivity index (χ1v) is 9.80. The molecule has 2 heterocycles. The number of hydrogen-bond acceptors (Lipinski definition) is 7. The Hall–Kier alpha value is -3.45. The zero-order chi connectivity index (χ0) is 20.9. The predicted molar refractivity (Wildman–Crippen MR) is 119 cm³/mol. The molecule has 1 aliphatic rings. The lowest BCUT2D eigenvalue weighted by Gasteiger charge is -2.26. The second kappa shape index (κ2) is 8.92. The van der Waals surface area contributed by atoms with Gasteiger partial charge < -0.3 is 19.5 Å². The zero-order valence-electron chi connectivity index (χ0n) is 17.1. The lowest BCUT2D eigenvalue weighted by molar-refractivity contribution is 0.291. The van der Waals surface area contributed by atoms with Crippen molar-refractivity contribution in [1.82, 2.24) is 9.97 Å². The Morgan fingerprint density at radius 2 is 1.80 bits per heavy atom. The van der Waals surface area contributed by atoms with Gasteiger partial charge in [0.2, 0.25) is 0 Å². The fourth-order valence-electron chi connectivity index (χ4n) is 3.42. The molecule has 1 aliphatic heterocycles. The topological polar surface area (TPSA) is 80.1 Å². The molecule has 1 N–H and O–H groups in total. The highest BCUT2D eigenvalue weighted by molar-refractivity contribution is 6.11. The summed E-state index contributed by atoms with van der Waals surface area (Å²) in [6.45, 7) is 1.41. The molecule has 0 spiro atoms. The molecule has 0 saturated heterocycles. The maximum atomic E-state index is 9.42. The van der Waals surface area contributed by atoms with Gasteiger partial charge in [-0.2, -0.15) is 0 Å². The quantitative estimate of drug-likeness (QED) is 0.618. The van der Waals surface area contributed by atoms with Gasteiger partial charge in [-0.25, -0.2) is 4.98 Å². The number of aliphatic imine (C=N–C) groups is 1. The van der Waals surface area contributed by atoms with Gasteiger partial charge in [0.1, 0.15) is 11.5 Å². The van der Waals surface area contributed by atoms with Gasteiger partial charge in [-0.3, -0.25) is 9.98 Å². The average Bonchev–Trinajstić information content (AvgIpc) is 3.33. The second-order valence-corrected chi connectivity index (χ2v) is 6.88. The van der Waals surface area contributed by atoms with E-state index in [1.807, 2.05) is 48.7 Å². The molecule has 1 aromatic heterocycles. The van der Waals surface area contributed by atoms with E-state index in [0.717, 1.165) is 33.7 Å². The van der Waals surface area contributed by atoms with Gasteiger partial charge in [0.05, 0.1) is 43.7 Å². The third-order valence-corrected chi connectivity index (χ3v) is 4.97. The summed E-state index contributed by atoms with van der Waals surface area (Å²) in [5.74, 6) is 1.40. The summed E-state index contributed by atoms with van der Waals surface area (Å²) < 4.78 is 10.9. The minimum atomic E-state index is 0.0998. The van der Waals surface area contributed by atoms with Crippen LogP contribution < -0.4 is 14.4 Å². The molecule has 3 aromatic rings.